The minimum atomic E-state index is 0.182. The number of hydrogen-bond acceptors (Lipinski definition) is 3. The first-order valence-corrected chi connectivity index (χ1v) is 6.72. The third-order valence-corrected chi connectivity index (χ3v) is 3.63. The van der Waals surface area contributed by atoms with Gasteiger partial charge in [-0.05, 0) is 56.1 Å². The van der Waals surface area contributed by atoms with Crippen molar-refractivity contribution in [1.82, 2.24) is 15.0 Å². The molecule has 18 heavy (non-hydrogen) atoms. The molecule has 2 heterocycles. The average molecular weight is 369 g/mol. The van der Waals surface area contributed by atoms with E-state index in [1.165, 1.54) is 0 Å². The van der Waals surface area contributed by atoms with Gasteiger partial charge < -0.3 is 10.1 Å². The molecule has 0 saturated heterocycles. The number of nitrogens with one attached hydrogen (secondary N) is 1. The van der Waals surface area contributed by atoms with Crippen LogP contribution in [0.1, 0.15) is 0 Å². The van der Waals surface area contributed by atoms with E-state index in [-0.39, 0.29) is 5.75 Å². The highest BCUT2D eigenvalue weighted by atomic mass is 79.9. The first-order valence-electron chi connectivity index (χ1n) is 5.13. The van der Waals surface area contributed by atoms with Gasteiger partial charge in [0.2, 0.25) is 0 Å². The molecular formula is C12H7Br2N3O. The summed E-state index contributed by atoms with van der Waals surface area (Å²) in [4.78, 5) is 11.8. The molecule has 1 aromatic carbocycles. The van der Waals surface area contributed by atoms with Crippen LogP contribution in [0, 0.1) is 0 Å². The van der Waals surface area contributed by atoms with E-state index < -0.39 is 0 Å². The predicted molar refractivity (Wildman–Crippen MR) is 76.4 cm³/mol. The molecule has 0 aliphatic rings. The zero-order valence-electron chi connectivity index (χ0n) is 8.98. The van der Waals surface area contributed by atoms with Crippen LogP contribution in [0.5, 0.6) is 5.75 Å². The van der Waals surface area contributed by atoms with Crippen LogP contribution in [0.15, 0.2) is 39.4 Å². The van der Waals surface area contributed by atoms with Gasteiger partial charge in [-0.1, -0.05) is 0 Å². The van der Waals surface area contributed by atoms with Crippen molar-refractivity contribution in [3.8, 4) is 17.1 Å². The van der Waals surface area contributed by atoms with E-state index in [1.54, 1.807) is 18.3 Å². The van der Waals surface area contributed by atoms with Crippen molar-refractivity contribution >= 4 is 43.0 Å². The van der Waals surface area contributed by atoms with Crippen molar-refractivity contribution in [3.05, 3.63) is 39.4 Å². The lowest BCUT2D eigenvalue weighted by molar-refractivity contribution is 0.472. The Balaban J connectivity index is 2.16. The topological polar surface area (TPSA) is 61.8 Å². The van der Waals surface area contributed by atoms with E-state index in [4.69, 9.17) is 0 Å². The summed E-state index contributed by atoms with van der Waals surface area (Å²) >= 11 is 6.61. The Morgan fingerprint density at radius 2 is 2.00 bits per heavy atom. The third kappa shape index (κ3) is 2.02. The molecule has 0 saturated carbocycles. The van der Waals surface area contributed by atoms with Crippen molar-refractivity contribution in [2.45, 2.75) is 0 Å². The normalized spacial score (nSPS) is 11.0. The Kier molecular flexibility index (Phi) is 2.83. The molecule has 0 radical (unpaired) electrons. The summed E-state index contributed by atoms with van der Waals surface area (Å²) < 4.78 is 1.55. The fourth-order valence-corrected chi connectivity index (χ4v) is 2.25. The van der Waals surface area contributed by atoms with Crippen LogP contribution in [0.3, 0.4) is 0 Å². The molecule has 2 N–H and O–H groups in total. The number of imidazole rings is 1. The second-order valence-corrected chi connectivity index (χ2v) is 5.55. The quantitative estimate of drug-likeness (QED) is 0.685. The van der Waals surface area contributed by atoms with Crippen molar-refractivity contribution in [2.24, 2.45) is 0 Å². The predicted octanol–water partition coefficient (Wildman–Crippen LogP) is 3.86. The number of H-pyrrole nitrogens is 1. The van der Waals surface area contributed by atoms with Crippen LogP contribution >= 0.6 is 31.9 Å². The third-order valence-electron chi connectivity index (χ3n) is 2.52. The van der Waals surface area contributed by atoms with E-state index >= 15 is 0 Å². The molecule has 0 amide bonds. The molecular weight excluding hydrogens is 362 g/mol. The van der Waals surface area contributed by atoms with Gasteiger partial charge in [0.1, 0.15) is 11.6 Å². The number of phenolic OH excluding ortho intramolecular Hbond substituents is 1. The van der Waals surface area contributed by atoms with Gasteiger partial charge in [-0.15, -0.1) is 0 Å². The number of fused-ring (bicyclic) bond motifs is 1. The molecule has 90 valence electrons. The fourth-order valence-electron chi connectivity index (χ4n) is 1.67. The zero-order valence-corrected chi connectivity index (χ0v) is 12.2. The van der Waals surface area contributed by atoms with Gasteiger partial charge in [0.05, 0.1) is 9.99 Å². The number of aromatic nitrogens is 3. The molecule has 4 nitrogen and oxygen atoms in total. The summed E-state index contributed by atoms with van der Waals surface area (Å²) in [7, 11) is 0. The largest absolute Gasteiger partial charge is 0.507 e. The highest BCUT2D eigenvalue weighted by Crippen LogP contribution is 2.29. The summed E-state index contributed by atoms with van der Waals surface area (Å²) in [6, 6.07) is 7.21. The molecule has 3 rings (SSSR count). The lowest BCUT2D eigenvalue weighted by Gasteiger charge is -1.99. The smallest absolute Gasteiger partial charge is 0.178 e. The Bertz CT molecular complexity index is 739. The van der Waals surface area contributed by atoms with Gasteiger partial charge in [0.15, 0.2) is 5.65 Å². The van der Waals surface area contributed by atoms with Crippen LogP contribution in [0.4, 0.5) is 0 Å². The Hall–Kier alpha value is -1.40. The lowest BCUT2D eigenvalue weighted by Crippen LogP contribution is -1.80. The number of nitrogens with zero attached hydrogens (tertiary/aromatic N) is 2. The van der Waals surface area contributed by atoms with Gasteiger partial charge in [-0.25, -0.2) is 9.97 Å². The van der Waals surface area contributed by atoms with Crippen LogP contribution in [0.25, 0.3) is 22.6 Å². The number of hydrogen-bond donors (Lipinski definition) is 2. The zero-order chi connectivity index (χ0) is 12.7. The monoisotopic (exact) mass is 367 g/mol. The standard InChI is InChI=1S/C12H7Br2N3O/c13-7-4-9-12(15-5-7)17-11(16-9)6-1-2-8(14)10(18)3-6/h1-5,18H,(H,15,16,17). The van der Waals surface area contributed by atoms with Crippen molar-refractivity contribution < 1.29 is 5.11 Å². The minimum absolute atomic E-state index is 0.182. The first-order chi connectivity index (χ1) is 8.63. The van der Waals surface area contributed by atoms with Gasteiger partial charge in [0, 0.05) is 16.2 Å². The van der Waals surface area contributed by atoms with Gasteiger partial charge >= 0.3 is 0 Å². The average Bonchev–Trinajstić information content (AvgIpc) is 2.75. The van der Waals surface area contributed by atoms with E-state index in [2.05, 4.69) is 46.8 Å². The van der Waals surface area contributed by atoms with Crippen molar-refractivity contribution in [1.29, 1.82) is 0 Å². The maximum atomic E-state index is 9.67. The van der Waals surface area contributed by atoms with Crippen LogP contribution < -0.4 is 0 Å². The fraction of sp³-hybridized carbons (Fsp3) is 0. The Morgan fingerprint density at radius 1 is 1.17 bits per heavy atom. The summed E-state index contributed by atoms with van der Waals surface area (Å²) in [5, 5.41) is 9.67. The molecule has 6 heteroatoms. The maximum Gasteiger partial charge on any atom is 0.178 e. The summed E-state index contributed by atoms with van der Waals surface area (Å²) in [6.07, 6.45) is 1.70. The number of pyridine rings is 1. The summed E-state index contributed by atoms with van der Waals surface area (Å²) in [5.41, 5.74) is 2.31. The molecule has 0 fully saturated rings. The van der Waals surface area contributed by atoms with E-state index in [9.17, 15) is 5.11 Å². The number of rotatable bonds is 1. The molecule has 3 aromatic rings. The number of halogens is 2. The molecule has 2 aromatic heterocycles. The highest BCUT2D eigenvalue weighted by molar-refractivity contribution is 9.10. The number of aromatic amines is 1. The van der Waals surface area contributed by atoms with Gasteiger partial charge in [0.25, 0.3) is 0 Å². The molecule has 0 unspecified atom stereocenters. The second-order valence-electron chi connectivity index (χ2n) is 3.78. The minimum Gasteiger partial charge on any atom is -0.507 e. The molecule has 0 atom stereocenters. The van der Waals surface area contributed by atoms with Crippen LogP contribution in [-0.4, -0.2) is 20.1 Å². The molecule has 0 spiro atoms. The van der Waals surface area contributed by atoms with E-state index in [1.807, 2.05) is 12.1 Å². The Labute approximate surface area is 119 Å². The number of aromatic hydroxyl groups is 1. The molecule has 0 aliphatic carbocycles. The van der Waals surface area contributed by atoms with E-state index in [0.717, 1.165) is 15.6 Å². The van der Waals surface area contributed by atoms with Crippen molar-refractivity contribution in [2.75, 3.05) is 0 Å². The van der Waals surface area contributed by atoms with Crippen molar-refractivity contribution in [3.63, 3.8) is 0 Å². The van der Waals surface area contributed by atoms with E-state index in [0.29, 0.717) is 15.9 Å². The first kappa shape index (κ1) is 11.7. The SMILES string of the molecule is Oc1cc(-c2nc3ncc(Br)cc3[nH]2)ccc1Br. The lowest BCUT2D eigenvalue weighted by atomic mass is 10.2. The maximum absolute atomic E-state index is 9.67. The molecule has 0 aliphatic heterocycles. The Morgan fingerprint density at radius 3 is 2.78 bits per heavy atom. The highest BCUT2D eigenvalue weighted by Gasteiger charge is 2.08. The van der Waals surface area contributed by atoms with Gasteiger partial charge in [-0.3, -0.25) is 0 Å². The summed E-state index contributed by atoms with van der Waals surface area (Å²) in [6.45, 7) is 0. The second kappa shape index (κ2) is 4.37. The van der Waals surface area contributed by atoms with Crippen LogP contribution in [0.2, 0.25) is 0 Å². The van der Waals surface area contributed by atoms with Crippen LogP contribution in [-0.2, 0) is 0 Å². The number of phenols is 1. The van der Waals surface area contributed by atoms with Gasteiger partial charge in [-0.2, -0.15) is 0 Å². The summed E-state index contributed by atoms with van der Waals surface area (Å²) in [5.74, 6) is 0.862. The molecule has 0 bridgehead atoms. The number of benzene rings is 1.